The lowest BCUT2D eigenvalue weighted by Gasteiger charge is -2.22. The first kappa shape index (κ1) is 11.8. The monoisotopic (exact) mass is 210 g/mol. The zero-order valence-corrected chi connectivity index (χ0v) is 9.40. The maximum atomic E-state index is 11.0. The van der Waals surface area contributed by atoms with E-state index in [1.54, 1.807) is 13.8 Å². The third kappa shape index (κ3) is 2.59. The first-order chi connectivity index (χ1) is 6.84. The van der Waals surface area contributed by atoms with Gasteiger partial charge < -0.3 is 15.4 Å². The number of rotatable bonds is 4. The largest absolute Gasteiger partial charge is 0.481 e. The van der Waals surface area contributed by atoms with Crippen LogP contribution in [0.2, 0.25) is 0 Å². The summed E-state index contributed by atoms with van der Waals surface area (Å²) in [6, 6.07) is 3.73. The molecule has 0 radical (unpaired) electrons. The van der Waals surface area contributed by atoms with E-state index in [2.05, 4.69) is 0 Å². The van der Waals surface area contributed by atoms with Crippen molar-refractivity contribution in [3.8, 4) is 0 Å². The third-order valence-electron chi connectivity index (χ3n) is 2.48. The van der Waals surface area contributed by atoms with Crippen LogP contribution in [-0.4, -0.2) is 15.6 Å². The van der Waals surface area contributed by atoms with Crippen molar-refractivity contribution in [1.82, 2.24) is 4.57 Å². The molecule has 0 saturated carbocycles. The van der Waals surface area contributed by atoms with Gasteiger partial charge in [0.15, 0.2) is 0 Å². The van der Waals surface area contributed by atoms with Gasteiger partial charge in [0.2, 0.25) is 0 Å². The average molecular weight is 210 g/mol. The molecule has 0 fully saturated rings. The topological polar surface area (TPSA) is 68.2 Å². The molecule has 0 aliphatic rings. The summed E-state index contributed by atoms with van der Waals surface area (Å²) in [5.41, 5.74) is 5.97. The lowest BCUT2D eigenvalue weighted by molar-refractivity contribution is -0.147. The maximum absolute atomic E-state index is 11.0. The Labute approximate surface area is 89.7 Å². The molecule has 1 aromatic rings. The summed E-state index contributed by atoms with van der Waals surface area (Å²) < 4.78 is 1.90. The van der Waals surface area contributed by atoms with Crippen LogP contribution >= 0.6 is 0 Å². The van der Waals surface area contributed by atoms with E-state index in [0.29, 0.717) is 6.54 Å². The van der Waals surface area contributed by atoms with Gasteiger partial charge >= 0.3 is 5.97 Å². The highest BCUT2D eigenvalue weighted by atomic mass is 16.4. The second-order valence-electron chi connectivity index (χ2n) is 4.54. The molecule has 1 unspecified atom stereocenters. The number of carboxylic acids is 1. The van der Waals surface area contributed by atoms with Gasteiger partial charge in [-0.2, -0.15) is 0 Å². The molecule has 1 rings (SSSR count). The summed E-state index contributed by atoms with van der Waals surface area (Å²) in [6.45, 7) is 5.74. The molecule has 1 atom stereocenters. The molecule has 4 heteroatoms. The average Bonchev–Trinajstić information content (AvgIpc) is 2.51. The molecule has 0 aliphatic heterocycles. The normalized spacial score (nSPS) is 13.9. The molecule has 1 heterocycles. The summed E-state index contributed by atoms with van der Waals surface area (Å²) in [5.74, 6) is -0.799. The standard InChI is InChI=1S/C11H18N2O2/c1-8(12)9-5-4-6-13(9)7-11(2,3)10(14)15/h4-6,8H,7,12H2,1-3H3,(H,14,15). The van der Waals surface area contributed by atoms with Gasteiger partial charge in [-0.25, -0.2) is 0 Å². The van der Waals surface area contributed by atoms with Crippen molar-refractivity contribution in [2.75, 3.05) is 0 Å². The molecule has 15 heavy (non-hydrogen) atoms. The molecule has 0 saturated heterocycles. The van der Waals surface area contributed by atoms with Crippen LogP contribution in [0.5, 0.6) is 0 Å². The van der Waals surface area contributed by atoms with Gasteiger partial charge in [-0.3, -0.25) is 4.79 Å². The lowest BCUT2D eigenvalue weighted by Crippen LogP contribution is -2.30. The molecule has 0 amide bonds. The second kappa shape index (κ2) is 4.06. The van der Waals surface area contributed by atoms with Crippen LogP contribution in [0.15, 0.2) is 18.3 Å². The van der Waals surface area contributed by atoms with Crippen molar-refractivity contribution in [2.45, 2.75) is 33.4 Å². The summed E-state index contributed by atoms with van der Waals surface area (Å²) in [6.07, 6.45) is 1.86. The minimum absolute atomic E-state index is 0.0791. The van der Waals surface area contributed by atoms with Gasteiger partial charge in [-0.15, -0.1) is 0 Å². The van der Waals surface area contributed by atoms with Crippen molar-refractivity contribution < 1.29 is 9.90 Å². The second-order valence-corrected chi connectivity index (χ2v) is 4.54. The van der Waals surface area contributed by atoms with Crippen molar-refractivity contribution in [3.05, 3.63) is 24.0 Å². The Morgan fingerprint density at radius 1 is 1.67 bits per heavy atom. The first-order valence-electron chi connectivity index (χ1n) is 4.98. The predicted molar refractivity (Wildman–Crippen MR) is 58.5 cm³/mol. The lowest BCUT2D eigenvalue weighted by atomic mass is 9.93. The van der Waals surface area contributed by atoms with Crippen LogP contribution in [-0.2, 0) is 11.3 Å². The highest BCUT2D eigenvalue weighted by Gasteiger charge is 2.28. The van der Waals surface area contributed by atoms with Crippen LogP contribution in [0.25, 0.3) is 0 Å². The zero-order valence-electron chi connectivity index (χ0n) is 9.40. The fourth-order valence-electron chi connectivity index (χ4n) is 1.48. The van der Waals surface area contributed by atoms with Crippen molar-refractivity contribution >= 4 is 5.97 Å². The molecular weight excluding hydrogens is 192 g/mol. The predicted octanol–water partition coefficient (Wildman–Crippen LogP) is 1.62. The van der Waals surface area contributed by atoms with Gasteiger partial charge in [0.25, 0.3) is 0 Å². The molecule has 0 spiro atoms. The van der Waals surface area contributed by atoms with Gasteiger partial charge in [-0.05, 0) is 32.9 Å². The van der Waals surface area contributed by atoms with E-state index in [1.165, 1.54) is 0 Å². The molecule has 84 valence electrons. The van der Waals surface area contributed by atoms with Crippen molar-refractivity contribution in [3.63, 3.8) is 0 Å². The fourth-order valence-corrected chi connectivity index (χ4v) is 1.48. The van der Waals surface area contributed by atoms with Crippen LogP contribution in [0.1, 0.15) is 32.5 Å². The maximum Gasteiger partial charge on any atom is 0.310 e. The SMILES string of the molecule is CC(N)c1cccn1CC(C)(C)C(=O)O. The zero-order chi connectivity index (χ0) is 11.6. The van der Waals surface area contributed by atoms with Gasteiger partial charge in [0.1, 0.15) is 0 Å². The minimum Gasteiger partial charge on any atom is -0.481 e. The fraction of sp³-hybridized carbons (Fsp3) is 0.545. The quantitative estimate of drug-likeness (QED) is 0.793. The smallest absolute Gasteiger partial charge is 0.310 e. The molecule has 1 aromatic heterocycles. The number of nitrogens with zero attached hydrogens (tertiary/aromatic N) is 1. The molecular formula is C11H18N2O2. The Hall–Kier alpha value is -1.29. The number of hydrogen-bond donors (Lipinski definition) is 2. The molecule has 0 bridgehead atoms. The van der Waals surface area contributed by atoms with Crippen molar-refractivity contribution in [2.24, 2.45) is 11.1 Å². The van der Waals surface area contributed by atoms with Crippen molar-refractivity contribution in [1.29, 1.82) is 0 Å². The van der Waals surface area contributed by atoms with Gasteiger partial charge in [-0.1, -0.05) is 0 Å². The van der Waals surface area contributed by atoms with E-state index in [1.807, 2.05) is 29.8 Å². The van der Waals surface area contributed by atoms with E-state index in [9.17, 15) is 4.79 Å². The Kier molecular flexibility index (Phi) is 3.19. The van der Waals surface area contributed by atoms with E-state index in [-0.39, 0.29) is 6.04 Å². The number of nitrogens with two attached hydrogens (primary N) is 1. The molecule has 0 aromatic carbocycles. The minimum atomic E-state index is -0.799. The van der Waals surface area contributed by atoms with Gasteiger partial charge in [0, 0.05) is 24.5 Å². The summed E-state index contributed by atoms with van der Waals surface area (Å²) >= 11 is 0. The Balaban J connectivity index is 2.90. The highest BCUT2D eigenvalue weighted by molar-refractivity contribution is 5.73. The number of aromatic nitrogens is 1. The van der Waals surface area contributed by atoms with E-state index in [4.69, 9.17) is 10.8 Å². The summed E-state index contributed by atoms with van der Waals surface area (Å²) in [5, 5.41) is 9.02. The highest BCUT2D eigenvalue weighted by Crippen LogP contribution is 2.21. The summed E-state index contributed by atoms with van der Waals surface area (Å²) in [4.78, 5) is 11.0. The van der Waals surface area contributed by atoms with E-state index in [0.717, 1.165) is 5.69 Å². The number of carbonyl (C=O) groups is 1. The summed E-state index contributed by atoms with van der Waals surface area (Å²) in [7, 11) is 0. The van der Waals surface area contributed by atoms with E-state index < -0.39 is 11.4 Å². The van der Waals surface area contributed by atoms with Crippen LogP contribution in [0.4, 0.5) is 0 Å². The third-order valence-corrected chi connectivity index (χ3v) is 2.48. The Morgan fingerprint density at radius 2 is 2.27 bits per heavy atom. The molecule has 0 aliphatic carbocycles. The molecule has 3 N–H and O–H groups in total. The molecule has 4 nitrogen and oxygen atoms in total. The number of carboxylic acid groups (broad SMARTS) is 1. The Bertz CT molecular complexity index is 353. The van der Waals surface area contributed by atoms with E-state index >= 15 is 0 Å². The van der Waals surface area contributed by atoms with Crippen LogP contribution < -0.4 is 5.73 Å². The van der Waals surface area contributed by atoms with Crippen LogP contribution in [0, 0.1) is 5.41 Å². The van der Waals surface area contributed by atoms with Crippen LogP contribution in [0.3, 0.4) is 0 Å². The number of aliphatic carboxylic acids is 1. The van der Waals surface area contributed by atoms with Gasteiger partial charge in [0.05, 0.1) is 5.41 Å². The number of hydrogen-bond acceptors (Lipinski definition) is 2. The Morgan fingerprint density at radius 3 is 2.73 bits per heavy atom. The first-order valence-corrected chi connectivity index (χ1v) is 4.98.